The molecule has 9 nitrogen and oxygen atoms in total. The van der Waals surface area contributed by atoms with Gasteiger partial charge in [0.25, 0.3) is 5.78 Å². The fourth-order valence-electron chi connectivity index (χ4n) is 4.63. The van der Waals surface area contributed by atoms with Crippen LogP contribution in [0.2, 0.25) is 0 Å². The lowest BCUT2D eigenvalue weighted by Gasteiger charge is -2.24. The van der Waals surface area contributed by atoms with Gasteiger partial charge in [-0.1, -0.05) is 49.4 Å². The van der Waals surface area contributed by atoms with Gasteiger partial charge in [0.05, 0.1) is 23.9 Å². The van der Waals surface area contributed by atoms with Crippen LogP contribution in [0.1, 0.15) is 64.8 Å². The largest absolute Gasteiger partial charge is 0.507 e. The number of ketones is 1. The molecule has 3 heterocycles. The molecule has 1 saturated heterocycles. The van der Waals surface area contributed by atoms with Crippen molar-refractivity contribution in [2.24, 2.45) is 0 Å². The number of thiazole rings is 1. The normalized spacial score (nSPS) is 18.1. The van der Waals surface area contributed by atoms with Gasteiger partial charge in [-0.3, -0.25) is 14.5 Å². The monoisotopic (exact) mass is 548 g/mol. The van der Waals surface area contributed by atoms with Crippen molar-refractivity contribution in [2.45, 2.75) is 39.7 Å². The summed E-state index contributed by atoms with van der Waals surface area (Å²) in [5.74, 6) is -1.36. The molecule has 0 spiro atoms. The number of ether oxygens (including phenoxy) is 3. The summed E-state index contributed by atoms with van der Waals surface area (Å²) in [6, 6.07) is 11.4. The van der Waals surface area contributed by atoms with Gasteiger partial charge in [-0.25, -0.2) is 9.78 Å². The minimum Gasteiger partial charge on any atom is -0.507 e. The summed E-state index contributed by atoms with van der Waals surface area (Å²) in [4.78, 5) is 45.4. The highest BCUT2D eigenvalue weighted by atomic mass is 32.1. The molecule has 0 aliphatic carbocycles. The number of hydrogen-bond acceptors (Lipinski definition) is 9. The number of aliphatic hydroxyl groups is 1. The van der Waals surface area contributed by atoms with Gasteiger partial charge in [0.1, 0.15) is 23.9 Å². The van der Waals surface area contributed by atoms with Crippen molar-refractivity contribution >= 4 is 39.9 Å². The van der Waals surface area contributed by atoms with Gasteiger partial charge in [0.2, 0.25) is 0 Å². The summed E-state index contributed by atoms with van der Waals surface area (Å²) >= 11 is 0.972. The molecule has 1 N–H and O–H groups in total. The van der Waals surface area contributed by atoms with Crippen LogP contribution in [0, 0.1) is 6.92 Å². The smallest absolute Gasteiger partial charge is 0.350 e. The number of aliphatic hydroxyl groups excluding tert-OH is 1. The summed E-state index contributed by atoms with van der Waals surface area (Å²) in [6.07, 6.45) is 0. The van der Waals surface area contributed by atoms with Crippen molar-refractivity contribution in [3.63, 3.8) is 0 Å². The van der Waals surface area contributed by atoms with E-state index in [2.05, 4.69) is 18.8 Å². The number of esters is 1. The van der Waals surface area contributed by atoms with Gasteiger partial charge >= 0.3 is 11.9 Å². The van der Waals surface area contributed by atoms with Crippen molar-refractivity contribution in [1.82, 2.24) is 4.98 Å². The summed E-state index contributed by atoms with van der Waals surface area (Å²) in [6.45, 7) is 8.44. The number of hydrogen-bond donors (Lipinski definition) is 1. The first-order valence-electron chi connectivity index (χ1n) is 12.7. The topological polar surface area (TPSA) is 115 Å². The fraction of sp³-hybridized carbons (Fsp3) is 0.310. The maximum atomic E-state index is 13.5. The molecule has 1 atom stereocenters. The van der Waals surface area contributed by atoms with Crippen LogP contribution in [-0.4, -0.2) is 47.6 Å². The second-order valence-corrected chi connectivity index (χ2v) is 10.5. The van der Waals surface area contributed by atoms with Gasteiger partial charge in [-0.05, 0) is 49.1 Å². The lowest BCUT2D eigenvalue weighted by atomic mass is 9.93. The number of Topliss-reactive ketones (excluding diaryl/α,β-unsaturated/α-hetero) is 1. The zero-order valence-corrected chi connectivity index (χ0v) is 22.8. The fourth-order valence-corrected chi connectivity index (χ4v) is 5.61. The van der Waals surface area contributed by atoms with E-state index in [0.717, 1.165) is 16.9 Å². The third kappa shape index (κ3) is 4.76. The highest BCUT2D eigenvalue weighted by Gasteiger charge is 2.48. The van der Waals surface area contributed by atoms with Gasteiger partial charge in [-0.15, -0.1) is 0 Å². The van der Waals surface area contributed by atoms with Gasteiger partial charge in [0.15, 0.2) is 16.6 Å². The predicted octanol–water partition coefficient (Wildman–Crippen LogP) is 5.15. The van der Waals surface area contributed by atoms with E-state index in [1.54, 1.807) is 32.0 Å². The molecule has 5 rings (SSSR count). The summed E-state index contributed by atoms with van der Waals surface area (Å²) in [7, 11) is 0. The van der Waals surface area contributed by atoms with E-state index in [9.17, 15) is 19.5 Å². The van der Waals surface area contributed by atoms with Gasteiger partial charge < -0.3 is 19.3 Å². The number of anilines is 1. The van der Waals surface area contributed by atoms with Crippen molar-refractivity contribution in [1.29, 1.82) is 0 Å². The molecule has 0 radical (unpaired) electrons. The first-order chi connectivity index (χ1) is 18.7. The molecule has 1 amide bonds. The van der Waals surface area contributed by atoms with Crippen LogP contribution < -0.4 is 14.4 Å². The number of benzene rings is 2. The number of carbonyl (C=O) groups excluding carboxylic acids is 3. The van der Waals surface area contributed by atoms with Crippen molar-refractivity contribution in [2.75, 3.05) is 24.7 Å². The zero-order valence-electron chi connectivity index (χ0n) is 22.0. The third-order valence-electron chi connectivity index (χ3n) is 6.63. The summed E-state index contributed by atoms with van der Waals surface area (Å²) in [5.41, 5.74) is 2.31. The van der Waals surface area contributed by atoms with Crippen molar-refractivity contribution in [3.8, 4) is 11.5 Å². The standard InChI is InChI=1S/C29H28N2O7S/c1-5-36-28(35)26-16(4)30-29(39-26)31-23(18-8-6-17(7-9-18)15(2)3)22(25(33)27(31)34)24(32)19-10-11-20-21(14-19)38-13-12-37-20/h6-11,14-15,23,32H,5,12-13H2,1-4H3/t23-/m0/s1. The first kappa shape index (κ1) is 26.4. The molecule has 0 bridgehead atoms. The number of aryl methyl sites for hydroxylation is 1. The van der Waals surface area contributed by atoms with Crippen molar-refractivity contribution < 1.29 is 33.7 Å². The lowest BCUT2D eigenvalue weighted by molar-refractivity contribution is -0.132. The Labute approximate surface area is 229 Å². The molecule has 202 valence electrons. The van der Waals surface area contributed by atoms with E-state index in [-0.39, 0.29) is 33.9 Å². The molecule has 2 aromatic carbocycles. The van der Waals surface area contributed by atoms with Crippen LogP contribution in [-0.2, 0) is 14.3 Å². The average molecular weight is 549 g/mol. The van der Waals surface area contributed by atoms with E-state index in [0.29, 0.717) is 41.5 Å². The lowest BCUT2D eigenvalue weighted by Crippen LogP contribution is -2.29. The minimum atomic E-state index is -0.972. The Morgan fingerprint density at radius 1 is 1.13 bits per heavy atom. The van der Waals surface area contributed by atoms with E-state index >= 15 is 0 Å². The molecule has 10 heteroatoms. The highest BCUT2D eigenvalue weighted by molar-refractivity contribution is 7.17. The number of aromatic nitrogens is 1. The van der Waals surface area contributed by atoms with Crippen LogP contribution in [0.25, 0.3) is 5.76 Å². The third-order valence-corrected chi connectivity index (χ3v) is 7.77. The Bertz CT molecular complexity index is 1490. The highest BCUT2D eigenvalue weighted by Crippen LogP contribution is 2.45. The number of nitrogens with zero attached hydrogens (tertiary/aromatic N) is 2. The average Bonchev–Trinajstić information content (AvgIpc) is 3.44. The SMILES string of the molecule is CCOC(=O)c1sc(N2C(=O)C(=O)C(=C(O)c3ccc4c(c3)OCCO4)[C@@H]2c2ccc(C(C)C)cc2)nc1C. The molecular formula is C29H28N2O7S. The molecule has 1 aromatic heterocycles. The van der Waals surface area contributed by atoms with E-state index < -0.39 is 23.7 Å². The molecule has 2 aliphatic rings. The van der Waals surface area contributed by atoms with Crippen LogP contribution in [0.5, 0.6) is 11.5 Å². The summed E-state index contributed by atoms with van der Waals surface area (Å²) in [5, 5.41) is 11.6. The molecule has 0 saturated carbocycles. The number of fused-ring (bicyclic) bond motifs is 1. The van der Waals surface area contributed by atoms with Crippen molar-refractivity contribution in [3.05, 3.63) is 75.3 Å². The van der Waals surface area contributed by atoms with Crippen LogP contribution in [0.4, 0.5) is 5.13 Å². The number of carbonyl (C=O) groups is 3. The number of rotatable bonds is 6. The second-order valence-electron chi connectivity index (χ2n) is 9.48. The summed E-state index contributed by atoms with van der Waals surface area (Å²) < 4.78 is 16.4. The van der Waals surface area contributed by atoms with Gasteiger partial charge in [-0.2, -0.15) is 0 Å². The van der Waals surface area contributed by atoms with Gasteiger partial charge in [0, 0.05) is 5.56 Å². The maximum Gasteiger partial charge on any atom is 0.350 e. The number of amides is 1. The Morgan fingerprint density at radius 2 is 1.82 bits per heavy atom. The first-order valence-corrected chi connectivity index (χ1v) is 13.5. The predicted molar refractivity (Wildman–Crippen MR) is 146 cm³/mol. The molecule has 2 aliphatic heterocycles. The van der Waals surface area contributed by atoms with Crippen LogP contribution in [0.15, 0.2) is 48.0 Å². The Morgan fingerprint density at radius 3 is 2.49 bits per heavy atom. The molecular weight excluding hydrogens is 520 g/mol. The second kappa shape index (κ2) is 10.5. The minimum absolute atomic E-state index is 0.0838. The quantitative estimate of drug-likeness (QED) is 0.195. The molecule has 3 aromatic rings. The zero-order chi connectivity index (χ0) is 27.8. The molecule has 1 fully saturated rings. The molecule has 39 heavy (non-hydrogen) atoms. The Hall–Kier alpha value is -4.18. The van der Waals surface area contributed by atoms with Crippen LogP contribution >= 0.6 is 11.3 Å². The van der Waals surface area contributed by atoms with Crippen LogP contribution in [0.3, 0.4) is 0 Å². The van der Waals surface area contributed by atoms with E-state index in [1.807, 2.05) is 24.3 Å². The van der Waals surface area contributed by atoms with E-state index in [1.165, 1.54) is 4.90 Å². The maximum absolute atomic E-state index is 13.5. The Balaban J connectivity index is 1.66. The molecule has 0 unspecified atom stereocenters. The van der Waals surface area contributed by atoms with E-state index in [4.69, 9.17) is 14.2 Å². The Kier molecular flexibility index (Phi) is 7.14.